The van der Waals surface area contributed by atoms with Crippen LogP contribution < -0.4 is 10.5 Å². The van der Waals surface area contributed by atoms with Gasteiger partial charge in [-0.2, -0.15) is 0 Å². The molecule has 4 N–H and O–H groups in total. The van der Waals surface area contributed by atoms with Crippen molar-refractivity contribution >= 4 is 15.7 Å². The molecule has 5 nitrogen and oxygen atoms in total. The van der Waals surface area contributed by atoms with Crippen LogP contribution in [-0.2, 0) is 10.0 Å². The number of nitrogens with two attached hydrogens (primary N) is 1. The average Bonchev–Trinajstić information content (AvgIpc) is 2.35. The van der Waals surface area contributed by atoms with Gasteiger partial charge in [-0.25, -0.2) is 13.1 Å². The summed E-state index contributed by atoms with van der Waals surface area (Å²) < 4.78 is 27.1. The second kappa shape index (κ2) is 5.48. The van der Waals surface area contributed by atoms with E-state index in [4.69, 9.17) is 5.73 Å². The van der Waals surface area contributed by atoms with Crippen LogP contribution in [0.3, 0.4) is 0 Å². The Morgan fingerprint density at radius 1 is 1.26 bits per heavy atom. The topological polar surface area (TPSA) is 92.4 Å². The summed E-state index contributed by atoms with van der Waals surface area (Å²) in [5.41, 5.74) is 7.08. The number of rotatable bonds is 3. The molecule has 1 saturated carbocycles. The normalized spacial score (nSPS) is 24.3. The summed E-state index contributed by atoms with van der Waals surface area (Å²) in [6.07, 6.45) is 2.33. The lowest BCUT2D eigenvalue weighted by Gasteiger charge is -2.26. The van der Waals surface area contributed by atoms with Gasteiger partial charge in [0.05, 0.1) is 11.0 Å². The van der Waals surface area contributed by atoms with Crippen LogP contribution >= 0.6 is 0 Å². The number of nitrogens with one attached hydrogen (secondary N) is 1. The summed E-state index contributed by atoms with van der Waals surface area (Å²) in [6, 6.07) is 4.64. The predicted octanol–water partition coefficient (Wildman–Crippen LogP) is 1.16. The van der Waals surface area contributed by atoms with Crippen molar-refractivity contribution in [3.8, 4) is 0 Å². The van der Waals surface area contributed by atoms with E-state index in [-0.39, 0.29) is 17.0 Å². The van der Waals surface area contributed by atoms with Crippen molar-refractivity contribution < 1.29 is 13.5 Å². The molecule has 1 fully saturated rings. The lowest BCUT2D eigenvalue weighted by molar-refractivity contribution is 0.120. The molecule has 0 saturated heterocycles. The van der Waals surface area contributed by atoms with E-state index in [2.05, 4.69) is 4.72 Å². The minimum atomic E-state index is -3.53. The van der Waals surface area contributed by atoms with Crippen LogP contribution in [0.5, 0.6) is 0 Å². The summed E-state index contributed by atoms with van der Waals surface area (Å²) in [5, 5.41) is 9.42. The van der Waals surface area contributed by atoms with Gasteiger partial charge in [0.15, 0.2) is 0 Å². The third kappa shape index (κ3) is 3.46. The van der Waals surface area contributed by atoms with Gasteiger partial charge in [0, 0.05) is 11.7 Å². The molecule has 1 aromatic rings. The Morgan fingerprint density at radius 3 is 2.47 bits per heavy atom. The van der Waals surface area contributed by atoms with Crippen LogP contribution in [0, 0.1) is 6.92 Å². The molecule has 106 valence electrons. The van der Waals surface area contributed by atoms with Gasteiger partial charge in [0.25, 0.3) is 0 Å². The predicted molar refractivity (Wildman–Crippen MR) is 74.2 cm³/mol. The number of aryl methyl sites for hydroxylation is 1. The molecule has 1 aliphatic rings. The van der Waals surface area contributed by atoms with Crippen LogP contribution in [0.2, 0.25) is 0 Å². The first-order valence-corrected chi connectivity index (χ1v) is 7.93. The second-order valence-corrected chi connectivity index (χ2v) is 6.86. The third-order valence-corrected chi connectivity index (χ3v) is 5.10. The Morgan fingerprint density at radius 2 is 1.89 bits per heavy atom. The Bertz CT molecular complexity index is 549. The summed E-state index contributed by atoms with van der Waals surface area (Å²) in [4.78, 5) is 0.196. The molecule has 0 atom stereocenters. The quantitative estimate of drug-likeness (QED) is 0.726. The Labute approximate surface area is 113 Å². The maximum absolute atomic E-state index is 12.2. The summed E-state index contributed by atoms with van der Waals surface area (Å²) >= 11 is 0. The molecule has 0 amide bonds. The molecule has 1 aromatic carbocycles. The van der Waals surface area contributed by atoms with E-state index in [1.54, 1.807) is 12.1 Å². The number of anilines is 1. The van der Waals surface area contributed by atoms with Gasteiger partial charge in [0.1, 0.15) is 0 Å². The first kappa shape index (κ1) is 14.3. The molecule has 0 spiro atoms. The van der Waals surface area contributed by atoms with Crippen molar-refractivity contribution in [1.29, 1.82) is 0 Å². The Hall–Kier alpha value is -1.11. The van der Waals surface area contributed by atoms with E-state index < -0.39 is 10.0 Å². The van der Waals surface area contributed by atoms with Crippen LogP contribution in [0.15, 0.2) is 23.1 Å². The summed E-state index contributed by atoms with van der Waals surface area (Å²) in [7, 11) is -3.53. The van der Waals surface area contributed by atoms with Gasteiger partial charge in [-0.05, 0) is 50.3 Å². The lowest BCUT2D eigenvalue weighted by atomic mass is 9.94. The minimum Gasteiger partial charge on any atom is -0.398 e. The zero-order valence-corrected chi connectivity index (χ0v) is 11.8. The van der Waals surface area contributed by atoms with E-state index in [1.807, 2.05) is 6.92 Å². The van der Waals surface area contributed by atoms with Gasteiger partial charge in [-0.15, -0.1) is 0 Å². The van der Waals surface area contributed by atoms with Crippen LogP contribution in [0.25, 0.3) is 0 Å². The molecule has 2 rings (SSSR count). The highest BCUT2D eigenvalue weighted by Crippen LogP contribution is 2.22. The van der Waals surface area contributed by atoms with Gasteiger partial charge in [-0.3, -0.25) is 0 Å². The molecule has 1 aliphatic carbocycles. The first-order chi connectivity index (χ1) is 8.88. The van der Waals surface area contributed by atoms with Crippen molar-refractivity contribution in [2.45, 2.75) is 49.6 Å². The molecular formula is C13H20N2O3S. The standard InChI is InChI=1S/C13H20N2O3S/c1-9-2-7-12(8-13(9)14)19(17,18)15-10-3-5-11(16)6-4-10/h2,7-8,10-11,15-16H,3-6,14H2,1H3. The third-order valence-electron chi connectivity index (χ3n) is 3.58. The van der Waals surface area contributed by atoms with E-state index in [0.717, 1.165) is 5.56 Å². The SMILES string of the molecule is Cc1ccc(S(=O)(=O)NC2CCC(O)CC2)cc1N. The monoisotopic (exact) mass is 284 g/mol. The number of hydrogen-bond donors (Lipinski definition) is 3. The summed E-state index contributed by atoms with van der Waals surface area (Å²) in [5.74, 6) is 0. The fourth-order valence-electron chi connectivity index (χ4n) is 2.27. The first-order valence-electron chi connectivity index (χ1n) is 6.45. The van der Waals surface area contributed by atoms with Crippen LogP contribution in [-0.4, -0.2) is 25.7 Å². The fourth-order valence-corrected chi connectivity index (χ4v) is 3.61. The van der Waals surface area contributed by atoms with Gasteiger partial charge in [-0.1, -0.05) is 6.07 Å². The van der Waals surface area contributed by atoms with Crippen LogP contribution in [0.1, 0.15) is 31.2 Å². The van der Waals surface area contributed by atoms with E-state index >= 15 is 0 Å². The fraction of sp³-hybridized carbons (Fsp3) is 0.538. The molecule has 19 heavy (non-hydrogen) atoms. The van der Waals surface area contributed by atoms with Crippen LogP contribution in [0.4, 0.5) is 5.69 Å². The minimum absolute atomic E-state index is 0.101. The van der Waals surface area contributed by atoms with Crippen molar-refractivity contribution in [2.24, 2.45) is 0 Å². The van der Waals surface area contributed by atoms with Gasteiger partial charge >= 0.3 is 0 Å². The number of aliphatic hydroxyl groups excluding tert-OH is 1. The Kier molecular flexibility index (Phi) is 4.13. The number of sulfonamides is 1. The molecule has 0 bridgehead atoms. The lowest BCUT2D eigenvalue weighted by Crippen LogP contribution is -2.38. The molecule has 6 heteroatoms. The number of aliphatic hydroxyl groups is 1. The van der Waals surface area contributed by atoms with E-state index in [9.17, 15) is 13.5 Å². The zero-order valence-electron chi connectivity index (χ0n) is 11.0. The zero-order chi connectivity index (χ0) is 14.0. The van der Waals surface area contributed by atoms with Crippen molar-refractivity contribution in [2.75, 3.05) is 5.73 Å². The maximum Gasteiger partial charge on any atom is 0.240 e. The number of hydrogen-bond acceptors (Lipinski definition) is 4. The van der Waals surface area contributed by atoms with E-state index in [1.165, 1.54) is 6.07 Å². The smallest absolute Gasteiger partial charge is 0.240 e. The second-order valence-electron chi connectivity index (χ2n) is 5.15. The molecule has 0 unspecified atom stereocenters. The molecule has 0 aromatic heterocycles. The highest BCUT2D eigenvalue weighted by molar-refractivity contribution is 7.89. The van der Waals surface area contributed by atoms with Gasteiger partial charge in [0.2, 0.25) is 10.0 Å². The number of nitrogen functional groups attached to an aromatic ring is 1. The average molecular weight is 284 g/mol. The largest absolute Gasteiger partial charge is 0.398 e. The molecular weight excluding hydrogens is 264 g/mol. The highest BCUT2D eigenvalue weighted by atomic mass is 32.2. The Balaban J connectivity index is 2.11. The molecule has 0 radical (unpaired) electrons. The highest BCUT2D eigenvalue weighted by Gasteiger charge is 2.24. The maximum atomic E-state index is 12.2. The van der Waals surface area contributed by atoms with Crippen molar-refractivity contribution in [1.82, 2.24) is 4.72 Å². The summed E-state index contributed by atoms with van der Waals surface area (Å²) in [6.45, 7) is 1.84. The van der Waals surface area contributed by atoms with Crippen molar-refractivity contribution in [3.63, 3.8) is 0 Å². The van der Waals surface area contributed by atoms with Gasteiger partial charge < -0.3 is 10.8 Å². The molecule has 0 aliphatic heterocycles. The van der Waals surface area contributed by atoms with E-state index in [0.29, 0.717) is 31.4 Å². The molecule has 0 heterocycles. The number of benzene rings is 1. The van der Waals surface area contributed by atoms with Crippen molar-refractivity contribution in [3.05, 3.63) is 23.8 Å².